The molecular weight excluding hydrogens is 508 g/mol. The number of fused-ring (bicyclic) bond motifs is 1. The number of hydrogen-bond donors (Lipinski definition) is 1. The lowest BCUT2D eigenvalue weighted by atomic mass is 10.2. The van der Waals surface area contributed by atoms with Gasteiger partial charge >= 0.3 is 0 Å². The van der Waals surface area contributed by atoms with Gasteiger partial charge in [-0.25, -0.2) is 13.8 Å². The number of nitrogens with zero attached hydrogens (tertiary/aromatic N) is 4. The smallest absolute Gasteiger partial charge is 0.282 e. The standard InChI is InChI=1S/C21H18ClF2N5O5S/c1-30-14-7-11(8-15(31-2)17(14)32-3)28-26-20(10-4-5-12-13(6-10)34-9-33-12)27-29(28)21-25-16(19(23)24)18(22)35-21/h4-8,19H,9H2,1-3H3,(H,26,27). The molecule has 0 bridgehead atoms. The SMILES string of the molecule is COc1cc(N2N=C(c3ccc4c(c3)OCO4)NN2c2nc(C(F)F)c(Cl)s2)cc(OC)c1OC. The monoisotopic (exact) mass is 525 g/mol. The summed E-state index contributed by atoms with van der Waals surface area (Å²) in [6, 6.07) is 8.61. The first-order valence-corrected chi connectivity index (χ1v) is 11.2. The van der Waals surface area contributed by atoms with Crippen LogP contribution in [0.2, 0.25) is 4.34 Å². The van der Waals surface area contributed by atoms with Gasteiger partial charge in [0.25, 0.3) is 6.43 Å². The number of ether oxygens (including phenoxy) is 5. The Balaban J connectivity index is 1.61. The van der Waals surface area contributed by atoms with Crippen molar-refractivity contribution in [3.05, 3.63) is 45.9 Å². The van der Waals surface area contributed by atoms with Crippen molar-refractivity contribution >= 4 is 39.6 Å². The Hall–Kier alpha value is -3.71. The highest BCUT2D eigenvalue weighted by molar-refractivity contribution is 7.19. The Morgan fingerprint density at radius 3 is 2.40 bits per heavy atom. The molecule has 3 heterocycles. The summed E-state index contributed by atoms with van der Waals surface area (Å²) in [5.41, 5.74) is 3.70. The van der Waals surface area contributed by atoms with Gasteiger partial charge < -0.3 is 23.7 Å². The summed E-state index contributed by atoms with van der Waals surface area (Å²) in [6.45, 7) is 0.121. The topological polar surface area (TPSA) is 89.9 Å². The van der Waals surface area contributed by atoms with Gasteiger partial charge in [-0.1, -0.05) is 22.9 Å². The molecule has 0 fully saturated rings. The Kier molecular flexibility index (Phi) is 6.03. The average Bonchev–Trinajstić information content (AvgIpc) is 3.60. The van der Waals surface area contributed by atoms with Gasteiger partial charge in [0.05, 0.1) is 27.0 Å². The summed E-state index contributed by atoms with van der Waals surface area (Å²) in [7, 11) is 4.46. The molecule has 14 heteroatoms. The van der Waals surface area contributed by atoms with Gasteiger partial charge in [-0.2, -0.15) is 0 Å². The van der Waals surface area contributed by atoms with Crippen LogP contribution in [0.25, 0.3) is 0 Å². The maximum absolute atomic E-state index is 13.4. The molecule has 3 aromatic rings. The third kappa shape index (κ3) is 4.06. The third-order valence-corrected chi connectivity index (χ3v) is 6.37. The zero-order valence-electron chi connectivity index (χ0n) is 18.5. The number of thiazole rings is 1. The first kappa shape index (κ1) is 23.1. The molecule has 184 valence electrons. The fourth-order valence-electron chi connectivity index (χ4n) is 3.49. The van der Waals surface area contributed by atoms with E-state index >= 15 is 0 Å². The van der Waals surface area contributed by atoms with Crippen molar-refractivity contribution in [1.29, 1.82) is 0 Å². The summed E-state index contributed by atoms with van der Waals surface area (Å²) in [5.74, 6) is 2.69. The van der Waals surface area contributed by atoms with Gasteiger partial charge in [-0.3, -0.25) is 5.43 Å². The van der Waals surface area contributed by atoms with Crippen molar-refractivity contribution in [2.24, 2.45) is 5.10 Å². The number of hydrazine groups is 2. The molecule has 0 atom stereocenters. The second-order valence-electron chi connectivity index (χ2n) is 7.07. The quantitative estimate of drug-likeness (QED) is 0.475. The number of rotatable bonds is 7. The third-order valence-electron chi connectivity index (χ3n) is 5.11. The number of methoxy groups -OCH3 is 3. The largest absolute Gasteiger partial charge is 0.493 e. The minimum atomic E-state index is -2.83. The zero-order chi connectivity index (χ0) is 24.7. The van der Waals surface area contributed by atoms with Gasteiger partial charge in [0, 0.05) is 17.7 Å². The van der Waals surface area contributed by atoms with Gasteiger partial charge in [-0.05, 0) is 18.2 Å². The van der Waals surface area contributed by atoms with Gasteiger partial charge in [0.1, 0.15) is 10.0 Å². The lowest BCUT2D eigenvalue weighted by molar-refractivity contribution is 0.147. The minimum Gasteiger partial charge on any atom is -0.493 e. The molecule has 2 aliphatic rings. The van der Waals surface area contributed by atoms with E-state index in [0.29, 0.717) is 45.8 Å². The van der Waals surface area contributed by atoms with Crippen LogP contribution in [0.3, 0.4) is 0 Å². The van der Waals surface area contributed by atoms with E-state index in [1.165, 1.54) is 31.6 Å². The first-order valence-electron chi connectivity index (χ1n) is 10.0. The van der Waals surface area contributed by atoms with E-state index in [9.17, 15) is 8.78 Å². The van der Waals surface area contributed by atoms with E-state index < -0.39 is 12.1 Å². The molecule has 0 amide bonds. The van der Waals surface area contributed by atoms with Crippen LogP contribution in [0, 0.1) is 0 Å². The molecule has 0 radical (unpaired) electrons. The van der Waals surface area contributed by atoms with E-state index in [0.717, 1.165) is 11.3 Å². The van der Waals surface area contributed by atoms with Crippen molar-refractivity contribution in [2.45, 2.75) is 6.43 Å². The molecule has 0 unspecified atom stereocenters. The number of aromatic nitrogens is 1. The normalized spacial score (nSPS) is 14.3. The maximum atomic E-state index is 13.4. The molecule has 10 nitrogen and oxygen atoms in total. The second-order valence-corrected chi connectivity index (χ2v) is 8.65. The fourth-order valence-corrected chi connectivity index (χ4v) is 4.57. The number of alkyl halides is 2. The van der Waals surface area contributed by atoms with E-state index in [2.05, 4.69) is 15.5 Å². The van der Waals surface area contributed by atoms with Crippen molar-refractivity contribution in [3.8, 4) is 28.7 Å². The van der Waals surface area contributed by atoms with Crippen molar-refractivity contribution in [3.63, 3.8) is 0 Å². The number of amidine groups is 1. The van der Waals surface area contributed by atoms with Crippen LogP contribution in [0.15, 0.2) is 35.4 Å². The van der Waals surface area contributed by atoms with Crippen molar-refractivity contribution < 1.29 is 32.5 Å². The molecule has 5 rings (SSSR count). The lowest BCUT2D eigenvalue weighted by Gasteiger charge is -2.26. The van der Waals surface area contributed by atoms with Crippen LogP contribution in [-0.4, -0.2) is 38.9 Å². The number of hydrogen-bond acceptors (Lipinski definition) is 11. The summed E-state index contributed by atoms with van der Waals surface area (Å²) in [6.07, 6.45) is -2.83. The zero-order valence-corrected chi connectivity index (χ0v) is 20.1. The second kappa shape index (κ2) is 9.15. The highest BCUT2D eigenvalue weighted by Crippen LogP contribution is 2.43. The molecular formula is C21H18ClF2N5O5S. The van der Waals surface area contributed by atoms with Gasteiger partial charge in [-0.15, -0.1) is 15.3 Å². The van der Waals surface area contributed by atoms with Crippen LogP contribution in [0.5, 0.6) is 28.7 Å². The molecule has 0 aliphatic carbocycles. The highest BCUT2D eigenvalue weighted by Gasteiger charge is 2.33. The molecule has 0 saturated carbocycles. The summed E-state index contributed by atoms with van der Waals surface area (Å²) in [5, 5.41) is 7.61. The summed E-state index contributed by atoms with van der Waals surface area (Å²) in [4.78, 5) is 4.03. The highest BCUT2D eigenvalue weighted by atomic mass is 35.5. The Labute approximate surface area is 207 Å². The molecule has 2 aliphatic heterocycles. The Morgan fingerprint density at radius 1 is 1.06 bits per heavy atom. The van der Waals surface area contributed by atoms with Gasteiger partial charge in [0.2, 0.25) is 17.7 Å². The average molecular weight is 526 g/mol. The fraction of sp³-hybridized carbons (Fsp3) is 0.238. The van der Waals surface area contributed by atoms with E-state index in [1.54, 1.807) is 30.3 Å². The van der Waals surface area contributed by atoms with Crippen LogP contribution in [-0.2, 0) is 0 Å². The number of benzene rings is 2. The lowest BCUT2D eigenvalue weighted by Crippen LogP contribution is -2.44. The van der Waals surface area contributed by atoms with Gasteiger partial charge in [0.15, 0.2) is 28.8 Å². The van der Waals surface area contributed by atoms with E-state index in [1.807, 2.05) is 0 Å². The van der Waals surface area contributed by atoms with Crippen LogP contribution in [0.4, 0.5) is 19.6 Å². The van der Waals surface area contributed by atoms with Crippen LogP contribution < -0.4 is 39.3 Å². The van der Waals surface area contributed by atoms with Crippen LogP contribution >= 0.6 is 22.9 Å². The van der Waals surface area contributed by atoms with Crippen LogP contribution in [0.1, 0.15) is 17.7 Å². The van der Waals surface area contributed by atoms with E-state index in [-0.39, 0.29) is 16.3 Å². The predicted octanol–water partition coefficient (Wildman–Crippen LogP) is 4.60. The minimum absolute atomic E-state index is 0.121. The summed E-state index contributed by atoms with van der Waals surface area (Å²) < 4.78 is 53.8. The first-order chi connectivity index (χ1) is 16.9. The van der Waals surface area contributed by atoms with Crippen molar-refractivity contribution in [1.82, 2.24) is 10.4 Å². The number of hydrazone groups is 1. The Bertz CT molecular complexity index is 1280. The molecule has 0 spiro atoms. The number of halogens is 3. The van der Waals surface area contributed by atoms with E-state index in [4.69, 9.17) is 35.3 Å². The molecule has 0 saturated heterocycles. The number of anilines is 2. The molecule has 2 aromatic carbocycles. The Morgan fingerprint density at radius 2 is 1.77 bits per heavy atom. The number of nitrogens with one attached hydrogen (secondary N) is 1. The molecule has 1 N–H and O–H groups in total. The predicted molar refractivity (Wildman–Crippen MR) is 125 cm³/mol. The maximum Gasteiger partial charge on any atom is 0.282 e. The molecule has 1 aromatic heterocycles. The van der Waals surface area contributed by atoms with Crippen molar-refractivity contribution in [2.75, 3.05) is 38.4 Å². The molecule has 35 heavy (non-hydrogen) atoms. The summed E-state index contributed by atoms with van der Waals surface area (Å²) >= 11 is 6.92.